The number of nitrogen functional groups attached to an aromatic ring is 1. The van der Waals surface area contributed by atoms with Crippen molar-refractivity contribution in [3.63, 3.8) is 0 Å². The molecule has 166 valence electrons. The van der Waals surface area contributed by atoms with Gasteiger partial charge in [-0.05, 0) is 54.8 Å². The number of nitrogens with zero attached hydrogens (tertiary/aromatic N) is 3. The molecule has 6 nitrogen and oxygen atoms in total. The van der Waals surface area contributed by atoms with Crippen LogP contribution in [0.5, 0.6) is 0 Å². The molecule has 0 saturated carbocycles. The van der Waals surface area contributed by atoms with Gasteiger partial charge in [-0.1, -0.05) is 55.8 Å². The second kappa shape index (κ2) is 7.71. The number of para-hydroxylation sites is 2. The highest BCUT2D eigenvalue weighted by Gasteiger charge is 2.30. The number of sulfone groups is 1. The lowest BCUT2D eigenvalue weighted by molar-refractivity contribution is 0.597. The van der Waals surface area contributed by atoms with Crippen LogP contribution in [0, 0.1) is 6.92 Å². The van der Waals surface area contributed by atoms with E-state index in [-0.39, 0.29) is 21.1 Å². The molecule has 0 radical (unpaired) electrons. The van der Waals surface area contributed by atoms with Crippen molar-refractivity contribution in [2.24, 2.45) is 0 Å². The Kier molecular flexibility index (Phi) is 4.94. The fraction of sp³-hybridized carbons (Fsp3) is 0.154. The van der Waals surface area contributed by atoms with E-state index in [1.165, 1.54) is 5.56 Å². The van der Waals surface area contributed by atoms with Crippen molar-refractivity contribution in [2.45, 2.75) is 36.5 Å². The fourth-order valence-electron chi connectivity index (χ4n) is 4.01. The van der Waals surface area contributed by atoms with Crippen molar-refractivity contribution in [1.29, 1.82) is 0 Å². The molecule has 0 aliphatic heterocycles. The summed E-state index contributed by atoms with van der Waals surface area (Å²) >= 11 is 0. The molecule has 0 fully saturated rings. The summed E-state index contributed by atoms with van der Waals surface area (Å²) in [5.74, 6) is 0.470. The molecule has 0 unspecified atom stereocenters. The minimum absolute atomic E-state index is 0.0208. The van der Waals surface area contributed by atoms with E-state index in [2.05, 4.69) is 13.8 Å². The first-order chi connectivity index (χ1) is 15.8. The van der Waals surface area contributed by atoms with Crippen LogP contribution in [0.2, 0.25) is 0 Å². The van der Waals surface area contributed by atoms with E-state index < -0.39 is 9.84 Å². The van der Waals surface area contributed by atoms with Crippen LogP contribution in [0.4, 0.5) is 5.82 Å². The lowest BCUT2D eigenvalue weighted by atomic mass is 10.0. The predicted octanol–water partition coefficient (Wildman–Crippen LogP) is 5.42. The zero-order chi connectivity index (χ0) is 23.3. The second-order valence-corrected chi connectivity index (χ2v) is 10.4. The Morgan fingerprint density at radius 2 is 1.45 bits per heavy atom. The first-order valence-corrected chi connectivity index (χ1v) is 12.2. The largest absolute Gasteiger partial charge is 0.384 e. The van der Waals surface area contributed by atoms with Gasteiger partial charge < -0.3 is 5.73 Å². The highest BCUT2D eigenvalue weighted by Crippen LogP contribution is 2.37. The molecule has 5 aromatic rings. The van der Waals surface area contributed by atoms with Crippen molar-refractivity contribution < 1.29 is 8.42 Å². The number of hydrogen-bond donors (Lipinski definition) is 1. The Morgan fingerprint density at radius 3 is 2.06 bits per heavy atom. The second-order valence-electron chi connectivity index (χ2n) is 8.50. The monoisotopic (exact) mass is 456 g/mol. The lowest BCUT2D eigenvalue weighted by Crippen LogP contribution is -2.07. The Bertz CT molecular complexity index is 1600. The van der Waals surface area contributed by atoms with E-state index >= 15 is 0 Å². The molecule has 2 heterocycles. The Balaban J connectivity index is 1.85. The summed E-state index contributed by atoms with van der Waals surface area (Å²) in [7, 11) is -3.94. The molecule has 0 saturated heterocycles. The van der Waals surface area contributed by atoms with Gasteiger partial charge in [-0.2, -0.15) is 0 Å². The zero-order valence-corrected chi connectivity index (χ0v) is 19.5. The first-order valence-electron chi connectivity index (χ1n) is 10.8. The molecule has 33 heavy (non-hydrogen) atoms. The molecule has 7 heteroatoms. The molecule has 0 aliphatic carbocycles. The van der Waals surface area contributed by atoms with Gasteiger partial charge in [0, 0.05) is 5.69 Å². The molecule has 0 bridgehead atoms. The summed E-state index contributed by atoms with van der Waals surface area (Å²) in [6, 6.07) is 22.0. The van der Waals surface area contributed by atoms with Gasteiger partial charge in [0.05, 0.1) is 15.9 Å². The topological polar surface area (TPSA) is 90.9 Å². The third-order valence-corrected chi connectivity index (χ3v) is 7.70. The Hall–Kier alpha value is -3.71. The number of anilines is 1. The fourth-order valence-corrected chi connectivity index (χ4v) is 5.49. The van der Waals surface area contributed by atoms with Crippen LogP contribution < -0.4 is 5.73 Å². The normalized spacial score (nSPS) is 12.1. The van der Waals surface area contributed by atoms with Crippen LogP contribution in [-0.2, 0) is 9.84 Å². The lowest BCUT2D eigenvalue weighted by Gasteiger charge is -2.11. The van der Waals surface area contributed by atoms with Gasteiger partial charge in [0.25, 0.3) is 0 Å². The number of hydrogen-bond acceptors (Lipinski definition) is 5. The molecule has 0 aliphatic rings. The standard InChI is InChI=1S/C26H24N4O2S/c1-16(2)18-10-12-19(13-11-18)30-25(27)24(33(31,32)20-14-8-17(3)9-15-20)23-26(30)29-22-7-5-4-6-21(22)28-23/h4-16H,27H2,1-3H3. The van der Waals surface area contributed by atoms with Gasteiger partial charge in [-0.3, -0.25) is 4.57 Å². The van der Waals surface area contributed by atoms with Crippen LogP contribution in [-0.4, -0.2) is 23.0 Å². The highest BCUT2D eigenvalue weighted by molar-refractivity contribution is 7.92. The maximum absolute atomic E-state index is 13.7. The van der Waals surface area contributed by atoms with E-state index in [0.29, 0.717) is 22.6 Å². The molecule has 5 rings (SSSR count). The van der Waals surface area contributed by atoms with Gasteiger partial charge in [-0.15, -0.1) is 0 Å². The van der Waals surface area contributed by atoms with Gasteiger partial charge in [0.15, 0.2) is 5.65 Å². The Morgan fingerprint density at radius 1 is 0.848 bits per heavy atom. The number of aromatic nitrogens is 3. The quantitative estimate of drug-likeness (QED) is 0.390. The minimum Gasteiger partial charge on any atom is -0.384 e. The molecule has 0 atom stereocenters. The maximum Gasteiger partial charge on any atom is 0.212 e. The third kappa shape index (κ3) is 3.45. The van der Waals surface area contributed by atoms with Gasteiger partial charge >= 0.3 is 0 Å². The smallest absolute Gasteiger partial charge is 0.212 e. The summed E-state index contributed by atoms with van der Waals surface area (Å²) in [5, 5.41) is 0. The highest BCUT2D eigenvalue weighted by atomic mass is 32.2. The predicted molar refractivity (Wildman–Crippen MR) is 132 cm³/mol. The van der Waals surface area contributed by atoms with Crippen LogP contribution in [0.25, 0.3) is 27.9 Å². The molecule has 3 aromatic carbocycles. The molecule has 2 N–H and O–H groups in total. The number of rotatable bonds is 4. The number of fused-ring (bicyclic) bond motifs is 2. The summed E-state index contributed by atoms with van der Waals surface area (Å²) in [4.78, 5) is 9.62. The van der Waals surface area contributed by atoms with Crippen LogP contribution >= 0.6 is 0 Å². The average molecular weight is 457 g/mol. The van der Waals surface area contributed by atoms with Crippen LogP contribution in [0.1, 0.15) is 30.9 Å². The van der Waals surface area contributed by atoms with E-state index in [0.717, 1.165) is 11.3 Å². The molecular weight excluding hydrogens is 432 g/mol. The van der Waals surface area contributed by atoms with E-state index in [4.69, 9.17) is 15.7 Å². The summed E-state index contributed by atoms with van der Waals surface area (Å²) in [5.41, 5.74) is 11.4. The maximum atomic E-state index is 13.7. The summed E-state index contributed by atoms with van der Waals surface area (Å²) in [6.45, 7) is 6.16. The number of aryl methyl sites for hydroxylation is 1. The van der Waals surface area contributed by atoms with Crippen molar-refractivity contribution in [2.75, 3.05) is 5.73 Å². The van der Waals surface area contributed by atoms with Crippen molar-refractivity contribution in [3.05, 3.63) is 83.9 Å². The van der Waals surface area contributed by atoms with E-state index in [1.54, 1.807) is 28.8 Å². The minimum atomic E-state index is -3.94. The Labute approximate surface area is 192 Å². The summed E-state index contributed by atoms with van der Waals surface area (Å²) in [6.07, 6.45) is 0. The van der Waals surface area contributed by atoms with Gasteiger partial charge in [0.2, 0.25) is 9.84 Å². The first kappa shape index (κ1) is 21.2. The van der Waals surface area contributed by atoms with Gasteiger partial charge in [-0.25, -0.2) is 18.4 Å². The average Bonchev–Trinajstić information content (AvgIpc) is 3.09. The van der Waals surface area contributed by atoms with Crippen molar-refractivity contribution >= 4 is 37.9 Å². The SMILES string of the molecule is Cc1ccc(S(=O)(=O)c2c(N)n(-c3ccc(C(C)C)cc3)c3nc4ccccc4nc23)cc1. The molecule has 0 spiro atoms. The van der Waals surface area contributed by atoms with Gasteiger partial charge in [0.1, 0.15) is 16.2 Å². The van der Waals surface area contributed by atoms with E-state index in [1.807, 2.05) is 55.5 Å². The van der Waals surface area contributed by atoms with E-state index in [9.17, 15) is 8.42 Å². The third-order valence-electron chi connectivity index (χ3n) is 5.87. The number of nitrogens with two attached hydrogens (primary N) is 1. The number of benzene rings is 3. The van der Waals surface area contributed by atoms with Crippen LogP contribution in [0.15, 0.2) is 82.6 Å². The van der Waals surface area contributed by atoms with Crippen molar-refractivity contribution in [1.82, 2.24) is 14.5 Å². The summed E-state index contributed by atoms with van der Waals surface area (Å²) < 4.78 is 29.2. The molecule has 2 aromatic heterocycles. The van der Waals surface area contributed by atoms with Crippen LogP contribution in [0.3, 0.4) is 0 Å². The van der Waals surface area contributed by atoms with Crippen molar-refractivity contribution in [3.8, 4) is 5.69 Å². The molecular formula is C26H24N4O2S. The zero-order valence-electron chi connectivity index (χ0n) is 18.6. The molecule has 0 amide bonds.